The number of hydrogen-bond acceptors (Lipinski definition) is 0. The molecule has 0 heteroatoms. The lowest BCUT2D eigenvalue weighted by Gasteiger charge is -1.92. The Hall–Kier alpha value is -0.130. The maximum absolute atomic E-state index is 3.83. The van der Waals surface area contributed by atoms with Gasteiger partial charge in [0, 0.05) is 0 Å². The van der Waals surface area contributed by atoms with Crippen molar-refractivity contribution in [3.63, 3.8) is 0 Å². The molecule has 1 aliphatic rings. The molecule has 0 aromatic heterocycles. The van der Waals surface area contributed by atoms with Gasteiger partial charge in [-0.2, -0.15) is 0 Å². The molecule has 0 heterocycles. The Morgan fingerprint density at radius 2 is 1.86 bits per heavy atom. The predicted molar refractivity (Wildman–Crippen MR) is 31.7 cm³/mol. The van der Waals surface area contributed by atoms with E-state index in [0.29, 0.717) is 0 Å². The fourth-order valence-electron chi connectivity index (χ4n) is 1.12. The van der Waals surface area contributed by atoms with Gasteiger partial charge in [0.15, 0.2) is 0 Å². The fourth-order valence-corrected chi connectivity index (χ4v) is 1.12. The lowest BCUT2D eigenvalue weighted by Crippen LogP contribution is -1.83. The van der Waals surface area contributed by atoms with Crippen LogP contribution in [0.2, 0.25) is 0 Å². The summed E-state index contributed by atoms with van der Waals surface area (Å²) in [5, 5.41) is 0. The van der Waals surface area contributed by atoms with Crippen LogP contribution in [0.1, 0.15) is 32.1 Å². The van der Waals surface area contributed by atoms with Crippen molar-refractivity contribution >= 4 is 0 Å². The van der Waals surface area contributed by atoms with Crippen LogP contribution in [0.3, 0.4) is 0 Å². The molecule has 1 fully saturated rings. The smallest absolute Gasteiger partial charge is 0.0872 e. The Morgan fingerprint density at radius 1 is 1.29 bits per heavy atom. The topological polar surface area (TPSA) is 0 Å². The zero-order chi connectivity index (χ0) is 5.11. The molecule has 40 valence electrons. The van der Waals surface area contributed by atoms with Gasteiger partial charge in [0.05, 0.1) is 18.8 Å². The van der Waals surface area contributed by atoms with Crippen LogP contribution < -0.4 is 0 Å². The molecule has 0 N–H and O–H groups in total. The third kappa shape index (κ3) is 1.12. The number of hydrogen-bond donors (Lipinski definition) is 0. The van der Waals surface area contributed by atoms with Crippen LogP contribution in [-0.4, -0.2) is 0 Å². The normalized spacial score (nSPS) is 21.0. The molecule has 0 amide bonds. The van der Waals surface area contributed by atoms with Gasteiger partial charge in [-0.05, 0) is 19.3 Å². The van der Waals surface area contributed by atoms with E-state index in [9.17, 15) is 0 Å². The first-order chi connectivity index (χ1) is 3.43. The Labute approximate surface area is 45.9 Å². The molecule has 0 unspecified atom stereocenters. The van der Waals surface area contributed by atoms with Crippen molar-refractivity contribution in [1.82, 2.24) is 0 Å². The van der Waals surface area contributed by atoms with Crippen LogP contribution in [0.25, 0.3) is 0 Å². The van der Waals surface area contributed by atoms with E-state index in [1.807, 2.05) is 0 Å². The zero-order valence-electron chi connectivity index (χ0n) is 4.74. The summed E-state index contributed by atoms with van der Waals surface area (Å²) in [4.78, 5) is 0. The van der Waals surface area contributed by atoms with E-state index in [0.717, 1.165) is 6.42 Å². The van der Waals surface area contributed by atoms with Gasteiger partial charge in [0.1, 0.15) is 0 Å². The van der Waals surface area contributed by atoms with Crippen LogP contribution in [-0.2, 0) is 0 Å². The molecule has 0 spiro atoms. The molecule has 0 saturated heterocycles. The van der Waals surface area contributed by atoms with Crippen molar-refractivity contribution in [1.29, 1.82) is 0 Å². The van der Waals surface area contributed by atoms with Gasteiger partial charge >= 0.3 is 0 Å². The van der Waals surface area contributed by atoms with E-state index in [2.05, 4.69) is 6.92 Å². The average Bonchev–Trinajstić information content (AvgIpc) is 2.14. The molecular formula is C7H12. The first kappa shape index (κ1) is 5.02. The minimum Gasteiger partial charge on any atom is -0.299 e. The summed E-state index contributed by atoms with van der Waals surface area (Å²) >= 11 is 0. The van der Waals surface area contributed by atoms with Gasteiger partial charge in [-0.3, -0.25) is 6.92 Å². The largest absolute Gasteiger partial charge is 0.299 e. The van der Waals surface area contributed by atoms with Crippen LogP contribution in [0.15, 0.2) is 0 Å². The maximum Gasteiger partial charge on any atom is 0.0872 e. The summed E-state index contributed by atoms with van der Waals surface area (Å²) in [7, 11) is 0. The second-order valence-electron chi connectivity index (χ2n) is 2.21. The van der Waals surface area contributed by atoms with Crippen molar-refractivity contribution in [3.05, 3.63) is 12.8 Å². The molecule has 0 aliphatic heterocycles. The highest BCUT2D eigenvalue weighted by Crippen LogP contribution is 2.28. The summed E-state index contributed by atoms with van der Waals surface area (Å²) < 4.78 is 0. The summed E-state index contributed by atoms with van der Waals surface area (Å²) in [6, 6.07) is 0. The molecule has 1 saturated carbocycles. The van der Waals surface area contributed by atoms with Gasteiger partial charge in [0.25, 0.3) is 0 Å². The first-order valence-electron chi connectivity index (χ1n) is 3.06. The summed E-state index contributed by atoms with van der Waals surface area (Å²) in [6.07, 6.45) is 6.66. The summed E-state index contributed by atoms with van der Waals surface area (Å²) in [5.41, 5.74) is 0. The van der Waals surface area contributed by atoms with E-state index in [1.54, 1.807) is 5.92 Å². The highest BCUT2D eigenvalue weighted by molar-refractivity contribution is 4.94. The first-order valence-corrected chi connectivity index (χ1v) is 3.06. The molecule has 7 heavy (non-hydrogen) atoms. The van der Waals surface area contributed by atoms with E-state index in [4.69, 9.17) is 0 Å². The van der Waals surface area contributed by atoms with Crippen LogP contribution in [0.4, 0.5) is 0 Å². The van der Waals surface area contributed by atoms with Gasteiger partial charge in [-0.15, -0.1) is 0 Å². The molecule has 0 bridgehead atoms. The molecule has 0 aromatic rings. The zero-order valence-corrected chi connectivity index (χ0v) is 4.74. The highest BCUT2D eigenvalue weighted by atomic mass is 14.2. The van der Waals surface area contributed by atoms with Crippen molar-refractivity contribution < 1.29 is 0 Å². The van der Waals surface area contributed by atoms with E-state index in [-0.39, 0.29) is 0 Å². The minimum absolute atomic E-state index is 1.08. The monoisotopic (exact) mass is 96.1 g/mol. The molecule has 0 nitrogen and oxygen atoms in total. The van der Waals surface area contributed by atoms with Crippen LogP contribution in [0, 0.1) is 12.8 Å². The SMILES string of the molecule is [CH2-]C[C+]1CCCC1. The third-order valence-corrected chi connectivity index (χ3v) is 1.66. The van der Waals surface area contributed by atoms with Gasteiger partial charge in [-0.25, -0.2) is 0 Å². The quantitative estimate of drug-likeness (QED) is 0.439. The lowest BCUT2D eigenvalue weighted by atomic mass is 10.1. The van der Waals surface area contributed by atoms with Crippen molar-refractivity contribution in [2.24, 2.45) is 0 Å². The summed E-state index contributed by atoms with van der Waals surface area (Å²) in [6.45, 7) is 3.83. The molecule has 0 aromatic carbocycles. The summed E-state index contributed by atoms with van der Waals surface area (Å²) in [5.74, 6) is 1.68. The Morgan fingerprint density at radius 3 is 2.14 bits per heavy atom. The Bertz CT molecular complexity index is 42.0. The average molecular weight is 96.2 g/mol. The van der Waals surface area contributed by atoms with Crippen molar-refractivity contribution in [2.45, 2.75) is 32.1 Å². The second kappa shape index (κ2) is 2.25. The lowest BCUT2D eigenvalue weighted by molar-refractivity contribution is 0.856. The van der Waals surface area contributed by atoms with Gasteiger partial charge in [0.2, 0.25) is 0 Å². The van der Waals surface area contributed by atoms with Crippen molar-refractivity contribution in [2.75, 3.05) is 0 Å². The maximum atomic E-state index is 3.83. The molecule has 1 rings (SSSR count). The third-order valence-electron chi connectivity index (χ3n) is 1.66. The van der Waals surface area contributed by atoms with E-state index >= 15 is 0 Å². The van der Waals surface area contributed by atoms with E-state index in [1.165, 1.54) is 25.7 Å². The number of rotatable bonds is 1. The van der Waals surface area contributed by atoms with Gasteiger partial charge in [-0.1, -0.05) is 0 Å². The standard InChI is InChI=1S/C7H12/c1-2-7-5-3-4-6-7/h1-6H2. The van der Waals surface area contributed by atoms with Crippen LogP contribution in [0.5, 0.6) is 0 Å². The van der Waals surface area contributed by atoms with Gasteiger partial charge < -0.3 is 0 Å². The van der Waals surface area contributed by atoms with Crippen molar-refractivity contribution in [3.8, 4) is 0 Å². The second-order valence-corrected chi connectivity index (χ2v) is 2.21. The molecular weight excluding hydrogens is 84.1 g/mol. The fraction of sp³-hybridized carbons (Fsp3) is 0.714. The van der Waals surface area contributed by atoms with E-state index < -0.39 is 0 Å². The molecule has 0 radical (unpaired) electrons. The predicted octanol–water partition coefficient (Wildman–Crippen LogP) is 2.36. The molecule has 1 aliphatic carbocycles. The Balaban J connectivity index is 2.14. The highest BCUT2D eigenvalue weighted by Gasteiger charge is 2.19. The van der Waals surface area contributed by atoms with Crippen LogP contribution >= 0.6 is 0 Å². The molecule has 0 atom stereocenters. The Kier molecular flexibility index (Phi) is 1.61. The minimum atomic E-state index is 1.08.